The average Bonchev–Trinajstić information content (AvgIpc) is 3.03. The number of hydrogen-bond acceptors (Lipinski definition) is 6. The van der Waals surface area contributed by atoms with E-state index in [1.165, 1.54) is 18.1 Å². The van der Waals surface area contributed by atoms with Crippen molar-refractivity contribution in [2.45, 2.75) is 37.4 Å². The molecule has 4 rings (SSSR count). The fourth-order valence-electron chi connectivity index (χ4n) is 3.58. The predicted molar refractivity (Wildman–Crippen MR) is 105 cm³/mol. The first-order chi connectivity index (χ1) is 13.6. The molecule has 8 heteroatoms. The third kappa shape index (κ3) is 3.40. The van der Waals surface area contributed by atoms with E-state index in [1.54, 1.807) is 29.3 Å². The van der Waals surface area contributed by atoms with E-state index < -0.39 is 5.97 Å². The highest BCUT2D eigenvalue weighted by Gasteiger charge is 2.54. The standard InChI is InChI=1S/C20H18ClN3O3S/c1-2-13-15-9-16(28-17-7-8-22-11-23-17)18(24(15)19(13)25)20(26)27-10-12-5-3-4-6-14(12)21/h3-8,11,13,15H,2,9-10H2,1H3. The van der Waals surface area contributed by atoms with E-state index in [0.717, 1.165) is 21.9 Å². The number of benzene rings is 1. The number of ether oxygens (including phenoxy) is 1. The van der Waals surface area contributed by atoms with E-state index in [1.807, 2.05) is 19.1 Å². The minimum absolute atomic E-state index is 0.0181. The van der Waals surface area contributed by atoms with E-state index in [0.29, 0.717) is 17.1 Å². The summed E-state index contributed by atoms with van der Waals surface area (Å²) in [6.07, 6.45) is 4.50. The lowest BCUT2D eigenvalue weighted by atomic mass is 9.85. The third-order valence-electron chi connectivity index (χ3n) is 4.98. The highest BCUT2D eigenvalue weighted by Crippen LogP contribution is 2.48. The number of aromatic nitrogens is 2. The molecule has 144 valence electrons. The molecule has 3 heterocycles. The quantitative estimate of drug-likeness (QED) is 0.405. The Bertz CT molecular complexity index is 951. The van der Waals surface area contributed by atoms with E-state index in [4.69, 9.17) is 16.3 Å². The second-order valence-corrected chi connectivity index (χ2v) is 8.11. The van der Waals surface area contributed by atoms with E-state index in [-0.39, 0.29) is 24.5 Å². The average molecular weight is 416 g/mol. The molecular weight excluding hydrogens is 398 g/mol. The molecule has 2 aromatic rings. The summed E-state index contributed by atoms with van der Waals surface area (Å²) in [7, 11) is 0. The smallest absolute Gasteiger partial charge is 0.356 e. The van der Waals surface area contributed by atoms with Gasteiger partial charge in [-0.05, 0) is 18.6 Å². The van der Waals surface area contributed by atoms with Crippen molar-refractivity contribution in [3.8, 4) is 0 Å². The number of halogens is 1. The van der Waals surface area contributed by atoms with Crippen LogP contribution in [0.2, 0.25) is 5.02 Å². The Morgan fingerprint density at radius 3 is 2.89 bits per heavy atom. The van der Waals surface area contributed by atoms with Gasteiger partial charge in [0.2, 0.25) is 5.91 Å². The summed E-state index contributed by atoms with van der Waals surface area (Å²) in [6.45, 7) is 2.04. The van der Waals surface area contributed by atoms with Crippen molar-refractivity contribution in [1.29, 1.82) is 0 Å². The molecule has 1 amide bonds. The zero-order chi connectivity index (χ0) is 19.7. The van der Waals surface area contributed by atoms with Gasteiger partial charge < -0.3 is 9.64 Å². The maximum Gasteiger partial charge on any atom is 0.356 e. The minimum Gasteiger partial charge on any atom is -0.456 e. The second kappa shape index (κ2) is 7.93. The van der Waals surface area contributed by atoms with Crippen molar-refractivity contribution in [1.82, 2.24) is 14.9 Å². The Hall–Kier alpha value is -2.38. The SMILES string of the molecule is CCC1C(=O)N2C(C(=O)OCc3ccccc3Cl)=C(Sc3ccncn3)CC12. The fourth-order valence-corrected chi connectivity index (χ4v) is 4.78. The van der Waals surface area contributed by atoms with Gasteiger partial charge in [-0.15, -0.1) is 0 Å². The van der Waals surface area contributed by atoms with Crippen LogP contribution in [0.25, 0.3) is 0 Å². The first-order valence-corrected chi connectivity index (χ1v) is 10.2. The topological polar surface area (TPSA) is 72.4 Å². The Labute approximate surface area is 171 Å². The van der Waals surface area contributed by atoms with Gasteiger partial charge in [0.25, 0.3) is 0 Å². The molecule has 1 fully saturated rings. The molecule has 2 atom stereocenters. The number of thioether (sulfide) groups is 1. The highest BCUT2D eigenvalue weighted by molar-refractivity contribution is 8.03. The van der Waals surface area contributed by atoms with Crippen molar-refractivity contribution in [2.75, 3.05) is 0 Å². The highest BCUT2D eigenvalue weighted by atomic mass is 35.5. The van der Waals surface area contributed by atoms with Crippen LogP contribution in [-0.4, -0.2) is 32.8 Å². The fraction of sp³-hybridized carbons (Fsp3) is 0.300. The molecule has 2 aliphatic rings. The molecule has 28 heavy (non-hydrogen) atoms. The monoisotopic (exact) mass is 415 g/mol. The molecule has 0 radical (unpaired) electrons. The van der Waals surface area contributed by atoms with E-state index >= 15 is 0 Å². The number of rotatable bonds is 6. The van der Waals surface area contributed by atoms with Gasteiger partial charge in [0.05, 0.1) is 12.0 Å². The lowest BCUT2D eigenvalue weighted by molar-refractivity contribution is -0.157. The van der Waals surface area contributed by atoms with Crippen LogP contribution in [0.1, 0.15) is 25.3 Å². The summed E-state index contributed by atoms with van der Waals surface area (Å²) in [6, 6.07) is 9.00. The molecule has 1 aromatic heterocycles. The Morgan fingerprint density at radius 1 is 1.36 bits per heavy atom. The van der Waals surface area contributed by atoms with Crippen molar-refractivity contribution in [2.24, 2.45) is 5.92 Å². The van der Waals surface area contributed by atoms with Crippen molar-refractivity contribution >= 4 is 35.2 Å². The summed E-state index contributed by atoms with van der Waals surface area (Å²) in [5, 5.41) is 1.26. The van der Waals surface area contributed by atoms with Crippen LogP contribution in [0.15, 0.2) is 58.5 Å². The van der Waals surface area contributed by atoms with Gasteiger partial charge >= 0.3 is 5.97 Å². The largest absolute Gasteiger partial charge is 0.456 e. The summed E-state index contributed by atoms with van der Waals surface area (Å²) >= 11 is 7.52. The molecule has 0 N–H and O–H groups in total. The normalized spacial score (nSPS) is 20.8. The third-order valence-corrected chi connectivity index (χ3v) is 6.41. The molecule has 2 aliphatic heterocycles. The van der Waals surface area contributed by atoms with Crippen molar-refractivity contribution in [3.05, 3.63) is 64.0 Å². The van der Waals surface area contributed by atoms with Gasteiger partial charge in [-0.1, -0.05) is 48.5 Å². The summed E-state index contributed by atoms with van der Waals surface area (Å²) in [5.41, 5.74) is 1.05. The number of fused-ring (bicyclic) bond motifs is 1. The van der Waals surface area contributed by atoms with E-state index in [9.17, 15) is 9.59 Å². The number of esters is 1. The lowest BCUT2D eigenvalue weighted by Gasteiger charge is -2.43. The van der Waals surface area contributed by atoms with Crippen molar-refractivity contribution in [3.63, 3.8) is 0 Å². The lowest BCUT2D eigenvalue weighted by Crippen LogP contribution is -2.58. The maximum absolute atomic E-state index is 12.9. The van der Waals surface area contributed by atoms with Gasteiger partial charge in [0.15, 0.2) is 0 Å². The summed E-state index contributed by atoms with van der Waals surface area (Å²) < 4.78 is 5.51. The molecule has 0 aliphatic carbocycles. The Balaban J connectivity index is 1.57. The molecule has 0 saturated carbocycles. The molecule has 0 spiro atoms. The Morgan fingerprint density at radius 2 is 2.18 bits per heavy atom. The number of nitrogens with zero attached hydrogens (tertiary/aromatic N) is 3. The molecule has 2 unspecified atom stereocenters. The number of hydrogen-bond donors (Lipinski definition) is 0. The van der Waals surface area contributed by atoms with Crippen molar-refractivity contribution < 1.29 is 14.3 Å². The molecule has 1 saturated heterocycles. The zero-order valence-electron chi connectivity index (χ0n) is 15.2. The maximum atomic E-state index is 12.9. The van der Waals surface area contributed by atoms with Crippen LogP contribution < -0.4 is 0 Å². The number of carbonyl (C=O) groups excluding carboxylic acids is 2. The van der Waals surface area contributed by atoms with Crippen LogP contribution in [0.5, 0.6) is 0 Å². The van der Waals surface area contributed by atoms with Crippen LogP contribution >= 0.6 is 23.4 Å². The van der Waals surface area contributed by atoms with Gasteiger partial charge in [-0.25, -0.2) is 14.8 Å². The second-order valence-electron chi connectivity index (χ2n) is 6.58. The summed E-state index contributed by atoms with van der Waals surface area (Å²) in [5.74, 6) is -0.577. The van der Waals surface area contributed by atoms with Crippen LogP contribution in [0, 0.1) is 5.92 Å². The van der Waals surface area contributed by atoms with Crippen LogP contribution in [0.4, 0.5) is 0 Å². The predicted octanol–water partition coefficient (Wildman–Crippen LogP) is 3.82. The van der Waals surface area contributed by atoms with E-state index in [2.05, 4.69) is 9.97 Å². The molecule has 1 aromatic carbocycles. The summed E-state index contributed by atoms with van der Waals surface area (Å²) in [4.78, 5) is 36.0. The van der Waals surface area contributed by atoms with Crippen LogP contribution in [-0.2, 0) is 20.9 Å². The molecule has 0 bridgehead atoms. The number of amides is 1. The van der Waals surface area contributed by atoms with Crippen LogP contribution in [0.3, 0.4) is 0 Å². The molecular formula is C20H18ClN3O3S. The minimum atomic E-state index is -0.512. The first kappa shape index (κ1) is 19.0. The van der Waals surface area contributed by atoms with Gasteiger partial charge in [-0.2, -0.15) is 0 Å². The Kier molecular flexibility index (Phi) is 5.37. The first-order valence-electron chi connectivity index (χ1n) is 9.00. The number of carbonyl (C=O) groups is 2. The van der Waals surface area contributed by atoms with Gasteiger partial charge in [0, 0.05) is 28.1 Å². The van der Waals surface area contributed by atoms with Gasteiger partial charge in [-0.3, -0.25) is 4.79 Å². The molecule has 6 nitrogen and oxygen atoms in total. The number of β-lactam (4-membered cyclic amide) rings is 1. The van der Waals surface area contributed by atoms with Gasteiger partial charge in [0.1, 0.15) is 23.7 Å². The zero-order valence-corrected chi connectivity index (χ0v) is 16.7.